The molecule has 1 atom stereocenters. The molecule has 2 aromatic carbocycles. The molecule has 2 aromatic rings. The molecule has 0 saturated carbocycles. The van der Waals surface area contributed by atoms with Crippen LogP contribution in [0.5, 0.6) is 0 Å². The predicted octanol–water partition coefficient (Wildman–Crippen LogP) is 4.67. The number of halogens is 1. The average Bonchev–Trinajstić information content (AvgIpc) is 2.59. The Balaban J connectivity index is 1.86. The zero-order valence-corrected chi connectivity index (χ0v) is 16.3. The molecule has 138 valence electrons. The molecular formula is C21H24ClNO3. The molecule has 4 nitrogen and oxygen atoms in total. The first-order valence-electron chi connectivity index (χ1n) is 8.49. The first kappa shape index (κ1) is 20.0. The van der Waals surface area contributed by atoms with Crippen molar-refractivity contribution in [3.63, 3.8) is 0 Å². The number of carbonyl (C=O) groups is 2. The van der Waals surface area contributed by atoms with E-state index in [2.05, 4.69) is 26.1 Å². The van der Waals surface area contributed by atoms with Gasteiger partial charge in [-0.15, -0.1) is 0 Å². The van der Waals surface area contributed by atoms with Gasteiger partial charge >= 0.3 is 5.97 Å². The molecular weight excluding hydrogens is 350 g/mol. The van der Waals surface area contributed by atoms with Gasteiger partial charge in [0.05, 0.1) is 11.6 Å². The highest BCUT2D eigenvalue weighted by Crippen LogP contribution is 2.22. The van der Waals surface area contributed by atoms with Gasteiger partial charge in [-0.1, -0.05) is 56.6 Å². The van der Waals surface area contributed by atoms with Crippen LogP contribution in [0.2, 0.25) is 5.02 Å². The minimum Gasteiger partial charge on any atom is -0.452 e. The second kappa shape index (κ2) is 8.37. The molecule has 0 aromatic heterocycles. The van der Waals surface area contributed by atoms with Crippen LogP contribution in [0.1, 0.15) is 55.2 Å². The second-order valence-corrected chi connectivity index (χ2v) is 7.68. The van der Waals surface area contributed by atoms with Crippen molar-refractivity contribution < 1.29 is 14.3 Å². The van der Waals surface area contributed by atoms with Crippen LogP contribution in [0, 0.1) is 0 Å². The van der Waals surface area contributed by atoms with Crippen molar-refractivity contribution in [3.05, 3.63) is 70.2 Å². The normalized spacial score (nSPS) is 12.3. The number of benzene rings is 2. The number of hydrogen-bond donors (Lipinski definition) is 1. The zero-order chi connectivity index (χ0) is 19.3. The molecule has 0 aliphatic rings. The third-order valence-corrected chi connectivity index (χ3v) is 4.32. The van der Waals surface area contributed by atoms with Gasteiger partial charge in [-0.25, -0.2) is 4.79 Å². The molecule has 0 spiro atoms. The Kier molecular flexibility index (Phi) is 6.43. The van der Waals surface area contributed by atoms with Crippen molar-refractivity contribution in [3.8, 4) is 0 Å². The summed E-state index contributed by atoms with van der Waals surface area (Å²) in [5, 5.41) is 3.43. The summed E-state index contributed by atoms with van der Waals surface area (Å²) in [5.41, 5.74) is 2.49. The van der Waals surface area contributed by atoms with Gasteiger partial charge in [0.1, 0.15) is 0 Å². The highest BCUT2D eigenvalue weighted by molar-refractivity contribution is 6.30. The summed E-state index contributed by atoms with van der Waals surface area (Å²) in [5.74, 6) is -0.869. The molecule has 0 fully saturated rings. The maximum atomic E-state index is 12.1. The summed E-state index contributed by atoms with van der Waals surface area (Å²) in [6, 6.07) is 14.3. The van der Waals surface area contributed by atoms with Crippen LogP contribution in [0.15, 0.2) is 48.5 Å². The van der Waals surface area contributed by atoms with E-state index >= 15 is 0 Å². The number of amides is 1. The van der Waals surface area contributed by atoms with Crippen LogP contribution in [0.3, 0.4) is 0 Å². The number of nitrogens with one attached hydrogen (secondary N) is 1. The Morgan fingerprint density at radius 3 is 2.15 bits per heavy atom. The van der Waals surface area contributed by atoms with Gasteiger partial charge in [0.15, 0.2) is 6.61 Å². The quantitative estimate of drug-likeness (QED) is 0.774. The molecule has 0 saturated heterocycles. The van der Waals surface area contributed by atoms with Crippen molar-refractivity contribution >= 4 is 23.5 Å². The Labute approximate surface area is 159 Å². The van der Waals surface area contributed by atoms with Gasteiger partial charge in [0.2, 0.25) is 0 Å². The van der Waals surface area contributed by atoms with Crippen molar-refractivity contribution in [1.29, 1.82) is 0 Å². The van der Waals surface area contributed by atoms with E-state index in [-0.39, 0.29) is 24.0 Å². The third kappa shape index (κ3) is 5.60. The fourth-order valence-electron chi connectivity index (χ4n) is 2.44. The van der Waals surface area contributed by atoms with Crippen LogP contribution in [0.25, 0.3) is 0 Å². The van der Waals surface area contributed by atoms with Crippen molar-refractivity contribution in [2.45, 2.75) is 39.2 Å². The number of carbonyl (C=O) groups excluding carboxylic acids is 2. The van der Waals surface area contributed by atoms with Gasteiger partial charge in [-0.3, -0.25) is 4.79 Å². The van der Waals surface area contributed by atoms with Crippen LogP contribution >= 0.6 is 11.6 Å². The largest absolute Gasteiger partial charge is 0.452 e. The molecule has 0 heterocycles. The van der Waals surface area contributed by atoms with Crippen LogP contribution in [0.4, 0.5) is 0 Å². The van der Waals surface area contributed by atoms with Crippen molar-refractivity contribution in [1.82, 2.24) is 5.32 Å². The van der Waals surface area contributed by atoms with Gasteiger partial charge in [0.25, 0.3) is 5.91 Å². The molecule has 0 aliphatic heterocycles. The van der Waals surface area contributed by atoms with Gasteiger partial charge in [0, 0.05) is 5.02 Å². The Hall–Kier alpha value is -2.33. The molecule has 0 radical (unpaired) electrons. The highest BCUT2D eigenvalue weighted by Gasteiger charge is 2.16. The second-order valence-electron chi connectivity index (χ2n) is 7.24. The van der Waals surface area contributed by atoms with Gasteiger partial charge < -0.3 is 10.1 Å². The van der Waals surface area contributed by atoms with E-state index in [9.17, 15) is 9.59 Å². The number of hydrogen-bond acceptors (Lipinski definition) is 3. The summed E-state index contributed by atoms with van der Waals surface area (Å²) >= 11 is 5.85. The van der Waals surface area contributed by atoms with Gasteiger partial charge in [-0.05, 0) is 47.7 Å². The van der Waals surface area contributed by atoms with E-state index in [1.54, 1.807) is 24.3 Å². The fraction of sp³-hybridized carbons (Fsp3) is 0.333. The lowest BCUT2D eigenvalue weighted by molar-refractivity contribution is -0.124. The van der Waals surface area contributed by atoms with Crippen molar-refractivity contribution in [2.24, 2.45) is 0 Å². The summed E-state index contributed by atoms with van der Waals surface area (Å²) < 4.78 is 5.10. The van der Waals surface area contributed by atoms with E-state index in [0.717, 1.165) is 11.1 Å². The number of ether oxygens (including phenoxy) is 1. The van der Waals surface area contributed by atoms with E-state index < -0.39 is 5.97 Å². The number of esters is 1. The van der Waals surface area contributed by atoms with E-state index in [4.69, 9.17) is 16.3 Å². The van der Waals surface area contributed by atoms with Crippen LogP contribution in [-0.2, 0) is 14.9 Å². The lowest BCUT2D eigenvalue weighted by atomic mass is 9.87. The van der Waals surface area contributed by atoms with Crippen LogP contribution < -0.4 is 5.32 Å². The first-order valence-corrected chi connectivity index (χ1v) is 8.87. The molecule has 1 N–H and O–H groups in total. The standard InChI is InChI=1S/C21H24ClNO3/c1-14(15-7-11-18(22)12-8-15)23-19(24)13-26-20(25)16-5-9-17(10-6-16)21(2,3)4/h5-12,14H,13H2,1-4H3,(H,23,24)/t14-/m1/s1. The monoisotopic (exact) mass is 373 g/mol. The maximum absolute atomic E-state index is 12.1. The van der Waals surface area contributed by atoms with Crippen molar-refractivity contribution in [2.75, 3.05) is 6.61 Å². The topological polar surface area (TPSA) is 55.4 Å². The molecule has 2 rings (SSSR count). The summed E-state index contributed by atoms with van der Waals surface area (Å²) in [6.07, 6.45) is 0. The first-order chi connectivity index (χ1) is 12.2. The lowest BCUT2D eigenvalue weighted by Gasteiger charge is -2.19. The van der Waals surface area contributed by atoms with E-state index in [1.807, 2.05) is 31.2 Å². The molecule has 0 bridgehead atoms. The lowest BCUT2D eigenvalue weighted by Crippen LogP contribution is -2.31. The summed E-state index contributed by atoms with van der Waals surface area (Å²) in [6.45, 7) is 7.84. The summed E-state index contributed by atoms with van der Waals surface area (Å²) in [7, 11) is 0. The smallest absolute Gasteiger partial charge is 0.338 e. The Bertz CT molecular complexity index is 761. The molecule has 26 heavy (non-hydrogen) atoms. The predicted molar refractivity (Wildman–Crippen MR) is 103 cm³/mol. The highest BCUT2D eigenvalue weighted by atomic mass is 35.5. The minimum atomic E-state index is -0.514. The molecule has 1 amide bonds. The molecule has 5 heteroatoms. The Morgan fingerprint density at radius 1 is 1.04 bits per heavy atom. The minimum absolute atomic E-state index is 0.0140. The number of rotatable bonds is 5. The van der Waals surface area contributed by atoms with E-state index in [1.165, 1.54) is 0 Å². The third-order valence-electron chi connectivity index (χ3n) is 4.07. The van der Waals surface area contributed by atoms with E-state index in [0.29, 0.717) is 10.6 Å². The fourth-order valence-corrected chi connectivity index (χ4v) is 2.56. The summed E-state index contributed by atoms with van der Waals surface area (Å²) in [4.78, 5) is 24.1. The van der Waals surface area contributed by atoms with Gasteiger partial charge in [-0.2, -0.15) is 0 Å². The Morgan fingerprint density at radius 2 is 1.62 bits per heavy atom. The molecule has 0 aliphatic carbocycles. The molecule has 0 unspecified atom stereocenters. The zero-order valence-electron chi connectivity index (χ0n) is 15.5. The maximum Gasteiger partial charge on any atom is 0.338 e. The van der Waals surface area contributed by atoms with Crippen LogP contribution in [-0.4, -0.2) is 18.5 Å². The average molecular weight is 374 g/mol. The SMILES string of the molecule is C[C@@H](NC(=O)COC(=O)c1ccc(C(C)(C)C)cc1)c1ccc(Cl)cc1.